The van der Waals surface area contributed by atoms with Gasteiger partial charge in [-0.15, -0.1) is 10.2 Å². The molecule has 1 saturated heterocycles. The molecule has 0 spiro atoms. The van der Waals surface area contributed by atoms with E-state index in [1.54, 1.807) is 12.1 Å². The molecule has 0 amide bonds. The van der Waals surface area contributed by atoms with Crippen LogP contribution in [0.25, 0.3) is 11.3 Å². The van der Waals surface area contributed by atoms with Crippen LogP contribution in [0.15, 0.2) is 30.3 Å². The highest BCUT2D eigenvalue weighted by molar-refractivity contribution is 6.33. The van der Waals surface area contributed by atoms with E-state index in [1.165, 1.54) is 37.8 Å². The van der Waals surface area contributed by atoms with Crippen molar-refractivity contribution in [3.63, 3.8) is 0 Å². The average molecular weight is 432 g/mol. The van der Waals surface area contributed by atoms with Crippen molar-refractivity contribution in [2.75, 3.05) is 19.6 Å². The summed E-state index contributed by atoms with van der Waals surface area (Å²) in [7, 11) is 0. The number of benzene rings is 1. The molecular weight excluding hydrogens is 401 g/mol. The Kier molecular flexibility index (Phi) is 6.04. The van der Waals surface area contributed by atoms with Gasteiger partial charge in [-0.1, -0.05) is 39.3 Å². The predicted octanol–water partition coefficient (Wildman–Crippen LogP) is 5.71. The zero-order chi connectivity index (χ0) is 21.5. The molecule has 4 atom stereocenters. The van der Waals surface area contributed by atoms with Crippen LogP contribution in [0.3, 0.4) is 0 Å². The fourth-order valence-corrected chi connectivity index (χ4v) is 4.85. The summed E-state index contributed by atoms with van der Waals surface area (Å²) in [4.78, 5) is 2.64. The number of aromatic nitrogens is 2. The van der Waals surface area contributed by atoms with E-state index in [-0.39, 0.29) is 11.9 Å². The second-order valence-corrected chi connectivity index (χ2v) is 10.5. The molecule has 162 valence electrons. The lowest BCUT2D eigenvalue weighted by atomic mass is 9.82. The number of nitrogens with zero attached hydrogens (tertiary/aromatic N) is 3. The van der Waals surface area contributed by atoms with E-state index in [2.05, 4.69) is 42.8 Å². The van der Waals surface area contributed by atoms with Gasteiger partial charge in [0.2, 0.25) is 5.88 Å². The summed E-state index contributed by atoms with van der Waals surface area (Å²) in [5.41, 5.74) is 1.43. The summed E-state index contributed by atoms with van der Waals surface area (Å²) >= 11 is 6.16. The van der Waals surface area contributed by atoms with Crippen molar-refractivity contribution in [1.29, 1.82) is 0 Å². The average Bonchev–Trinajstić information content (AvgIpc) is 3.21. The van der Waals surface area contributed by atoms with Crippen molar-refractivity contribution in [1.82, 2.24) is 15.1 Å². The lowest BCUT2D eigenvalue weighted by molar-refractivity contribution is 0.153. The summed E-state index contributed by atoms with van der Waals surface area (Å²) in [5.74, 6) is 2.28. The zero-order valence-corrected chi connectivity index (χ0v) is 19.0. The summed E-state index contributed by atoms with van der Waals surface area (Å²) < 4.78 is 19.6. The van der Waals surface area contributed by atoms with Crippen LogP contribution >= 0.6 is 11.6 Å². The van der Waals surface area contributed by atoms with Crippen molar-refractivity contribution in [3.05, 3.63) is 41.2 Å². The molecule has 0 N–H and O–H groups in total. The van der Waals surface area contributed by atoms with Crippen LogP contribution in [0.4, 0.5) is 4.39 Å². The number of rotatable bonds is 5. The monoisotopic (exact) mass is 431 g/mol. The maximum atomic E-state index is 13.5. The molecule has 1 unspecified atom stereocenters. The Morgan fingerprint density at radius 2 is 1.83 bits per heavy atom. The second kappa shape index (κ2) is 8.43. The van der Waals surface area contributed by atoms with Crippen LogP contribution in [0.1, 0.15) is 40.5 Å². The van der Waals surface area contributed by atoms with Crippen LogP contribution in [-0.4, -0.2) is 40.8 Å². The molecule has 1 aromatic carbocycles. The van der Waals surface area contributed by atoms with E-state index in [9.17, 15) is 4.39 Å². The first-order valence-corrected chi connectivity index (χ1v) is 11.2. The van der Waals surface area contributed by atoms with Crippen molar-refractivity contribution in [3.8, 4) is 17.1 Å². The quantitative estimate of drug-likeness (QED) is 0.607. The van der Waals surface area contributed by atoms with Gasteiger partial charge in [0.05, 0.1) is 10.7 Å². The third-order valence-corrected chi connectivity index (χ3v) is 7.26. The molecule has 1 aliphatic heterocycles. The Morgan fingerprint density at radius 1 is 1.13 bits per heavy atom. The Labute approximate surface area is 183 Å². The van der Waals surface area contributed by atoms with Gasteiger partial charge in [-0.25, -0.2) is 4.39 Å². The van der Waals surface area contributed by atoms with Crippen molar-refractivity contribution >= 4 is 11.6 Å². The molecule has 2 aliphatic rings. The first-order chi connectivity index (χ1) is 14.2. The van der Waals surface area contributed by atoms with E-state index >= 15 is 0 Å². The molecule has 1 aliphatic carbocycles. The topological polar surface area (TPSA) is 38.2 Å². The molecule has 2 fully saturated rings. The van der Waals surface area contributed by atoms with E-state index in [4.69, 9.17) is 16.3 Å². The molecule has 30 heavy (non-hydrogen) atoms. The van der Waals surface area contributed by atoms with E-state index < -0.39 is 0 Å². The number of likely N-dealkylation sites (tertiary alicyclic amines) is 1. The summed E-state index contributed by atoms with van der Waals surface area (Å²) in [5, 5.41) is 8.85. The fourth-order valence-electron chi connectivity index (χ4n) is 4.64. The van der Waals surface area contributed by atoms with Gasteiger partial charge in [0.15, 0.2) is 0 Å². The summed E-state index contributed by atoms with van der Waals surface area (Å²) in [6, 6.07) is 7.82. The minimum Gasteiger partial charge on any atom is -0.473 e. The van der Waals surface area contributed by atoms with Gasteiger partial charge in [-0.05, 0) is 60.3 Å². The highest BCUT2D eigenvalue weighted by Gasteiger charge is 2.42. The molecule has 4 rings (SSSR count). The van der Waals surface area contributed by atoms with Gasteiger partial charge < -0.3 is 9.64 Å². The van der Waals surface area contributed by atoms with E-state index in [1.807, 2.05) is 0 Å². The third kappa shape index (κ3) is 4.78. The highest BCUT2D eigenvalue weighted by Crippen LogP contribution is 2.40. The highest BCUT2D eigenvalue weighted by atomic mass is 35.5. The van der Waals surface area contributed by atoms with E-state index in [0.29, 0.717) is 45.3 Å². The standard InChI is InChI=1S/C24H31ClFN3O/c1-15(24(2,3)4)12-29-13-16-9-19(10-17(16)14-29)30-23-8-7-22(27-28-23)20-11-18(26)5-6-21(20)25/h5-8,11,15-17,19H,9-10,12-14H2,1-4H3/t15?,16-,17+,19-. The summed E-state index contributed by atoms with van der Waals surface area (Å²) in [6.07, 6.45) is 2.34. The molecule has 2 heterocycles. The van der Waals surface area contributed by atoms with Crippen LogP contribution in [-0.2, 0) is 0 Å². The maximum Gasteiger partial charge on any atom is 0.233 e. The maximum absolute atomic E-state index is 13.5. The Morgan fingerprint density at radius 3 is 2.43 bits per heavy atom. The van der Waals surface area contributed by atoms with Crippen molar-refractivity contribution in [2.24, 2.45) is 23.2 Å². The van der Waals surface area contributed by atoms with Gasteiger partial charge in [0.25, 0.3) is 0 Å². The zero-order valence-electron chi connectivity index (χ0n) is 18.2. The Balaban J connectivity index is 1.32. The van der Waals surface area contributed by atoms with Gasteiger partial charge in [-0.2, -0.15) is 0 Å². The summed E-state index contributed by atoms with van der Waals surface area (Å²) in [6.45, 7) is 12.9. The lowest BCUT2D eigenvalue weighted by Gasteiger charge is -2.31. The number of ether oxygens (including phenoxy) is 1. The fraction of sp³-hybridized carbons (Fsp3) is 0.583. The molecule has 1 aromatic heterocycles. The molecule has 0 radical (unpaired) electrons. The van der Waals surface area contributed by atoms with Crippen LogP contribution in [0, 0.1) is 29.0 Å². The smallest absolute Gasteiger partial charge is 0.233 e. The van der Waals surface area contributed by atoms with Gasteiger partial charge >= 0.3 is 0 Å². The van der Waals surface area contributed by atoms with Crippen molar-refractivity contribution < 1.29 is 9.13 Å². The Bertz CT molecular complexity index is 869. The predicted molar refractivity (Wildman–Crippen MR) is 118 cm³/mol. The van der Waals surface area contributed by atoms with E-state index in [0.717, 1.165) is 12.8 Å². The SMILES string of the molecule is CC(CN1C[C@H]2C[C@@H](Oc3ccc(-c4cc(F)ccc4Cl)nn3)C[C@H]2C1)C(C)(C)C. The normalized spacial score (nSPS) is 25.3. The van der Waals surface area contributed by atoms with Gasteiger partial charge in [-0.3, -0.25) is 0 Å². The molecule has 6 heteroatoms. The van der Waals surface area contributed by atoms with Crippen LogP contribution < -0.4 is 4.74 Å². The molecule has 2 aromatic rings. The van der Waals surface area contributed by atoms with Gasteiger partial charge in [0.1, 0.15) is 11.9 Å². The Hall–Kier alpha value is -1.72. The van der Waals surface area contributed by atoms with Crippen LogP contribution in [0.5, 0.6) is 5.88 Å². The molecule has 4 nitrogen and oxygen atoms in total. The number of hydrogen-bond acceptors (Lipinski definition) is 4. The largest absolute Gasteiger partial charge is 0.473 e. The van der Waals surface area contributed by atoms with Crippen molar-refractivity contribution in [2.45, 2.75) is 46.6 Å². The molecule has 0 bridgehead atoms. The second-order valence-electron chi connectivity index (χ2n) is 10.1. The molecular formula is C24H31ClFN3O. The third-order valence-electron chi connectivity index (χ3n) is 6.93. The van der Waals surface area contributed by atoms with Crippen LogP contribution in [0.2, 0.25) is 5.02 Å². The minimum atomic E-state index is -0.347. The first-order valence-electron chi connectivity index (χ1n) is 10.9. The van der Waals surface area contributed by atoms with Gasteiger partial charge in [0, 0.05) is 31.3 Å². The number of halogens is 2. The molecule has 1 saturated carbocycles. The minimum absolute atomic E-state index is 0.195. The lowest BCUT2D eigenvalue weighted by Crippen LogP contribution is -2.33. The number of fused-ring (bicyclic) bond motifs is 1. The first kappa shape index (κ1) is 21.5. The number of hydrogen-bond donors (Lipinski definition) is 0.